The van der Waals surface area contributed by atoms with Crippen molar-refractivity contribution in [3.8, 4) is 0 Å². The summed E-state index contributed by atoms with van der Waals surface area (Å²) in [7, 11) is 0. The number of ether oxygens (including phenoxy) is 2. The van der Waals surface area contributed by atoms with Crippen LogP contribution in [0.25, 0.3) is 0 Å². The van der Waals surface area contributed by atoms with Crippen LogP contribution in [0.15, 0.2) is 0 Å². The van der Waals surface area contributed by atoms with Crippen LogP contribution in [0.2, 0.25) is 0 Å². The van der Waals surface area contributed by atoms with Crippen LogP contribution < -0.4 is 0 Å². The fourth-order valence-corrected chi connectivity index (χ4v) is 8.18. The van der Waals surface area contributed by atoms with Gasteiger partial charge < -0.3 is 9.47 Å². The number of rotatable bonds is 0. The van der Waals surface area contributed by atoms with Gasteiger partial charge in [0.1, 0.15) is 0 Å². The Morgan fingerprint density at radius 3 is 2.35 bits per heavy atom. The van der Waals surface area contributed by atoms with Crippen molar-refractivity contribution < 1.29 is 9.47 Å². The van der Waals surface area contributed by atoms with E-state index in [2.05, 4.69) is 13.8 Å². The van der Waals surface area contributed by atoms with Crippen LogP contribution >= 0.6 is 0 Å². The smallest absolute Gasteiger partial charge is 0.174 e. The first-order chi connectivity index (χ1) is 11.1. The predicted octanol–water partition coefficient (Wildman–Crippen LogP) is 5.16. The molecule has 130 valence electrons. The van der Waals surface area contributed by atoms with Gasteiger partial charge in [-0.05, 0) is 74.0 Å². The normalized spacial score (nSPS) is 54.5. The average molecular weight is 319 g/mol. The molecule has 1 spiro atoms. The zero-order valence-electron chi connectivity index (χ0n) is 15.1. The first-order valence-corrected chi connectivity index (χ1v) is 10.4. The molecule has 1 saturated heterocycles. The topological polar surface area (TPSA) is 18.5 Å². The summed E-state index contributed by atoms with van der Waals surface area (Å²) in [6, 6.07) is 0. The van der Waals surface area contributed by atoms with E-state index in [0.29, 0.717) is 5.41 Å². The highest BCUT2D eigenvalue weighted by atomic mass is 16.7. The molecule has 0 N–H and O–H groups in total. The van der Waals surface area contributed by atoms with Gasteiger partial charge in [-0.15, -0.1) is 0 Å². The highest BCUT2D eigenvalue weighted by molar-refractivity contribution is 5.12. The summed E-state index contributed by atoms with van der Waals surface area (Å²) in [5.74, 6) is 3.58. The van der Waals surface area contributed by atoms with Crippen LogP contribution in [0.3, 0.4) is 0 Å². The molecule has 0 aromatic carbocycles. The highest BCUT2D eigenvalue weighted by Gasteiger charge is 2.66. The highest BCUT2D eigenvalue weighted by Crippen LogP contribution is 2.69. The number of hydrogen-bond donors (Lipinski definition) is 0. The van der Waals surface area contributed by atoms with E-state index in [9.17, 15) is 0 Å². The molecular formula is C21H34O2. The van der Waals surface area contributed by atoms with Crippen LogP contribution in [-0.2, 0) is 9.47 Å². The van der Waals surface area contributed by atoms with Gasteiger partial charge in [0, 0.05) is 11.8 Å². The molecule has 1 aliphatic heterocycles. The summed E-state index contributed by atoms with van der Waals surface area (Å²) >= 11 is 0. The maximum absolute atomic E-state index is 6.26. The molecule has 0 amide bonds. The Morgan fingerprint density at radius 2 is 1.52 bits per heavy atom. The summed E-state index contributed by atoms with van der Waals surface area (Å²) in [5, 5.41) is 0. The molecule has 2 heteroatoms. The Hall–Kier alpha value is -0.0800. The summed E-state index contributed by atoms with van der Waals surface area (Å²) in [5.41, 5.74) is 0.929. The van der Waals surface area contributed by atoms with E-state index in [1.165, 1.54) is 57.8 Å². The monoisotopic (exact) mass is 318 g/mol. The molecule has 6 atom stereocenters. The van der Waals surface area contributed by atoms with Gasteiger partial charge in [0.15, 0.2) is 5.79 Å². The van der Waals surface area contributed by atoms with E-state index < -0.39 is 0 Å². The minimum absolute atomic E-state index is 0.215. The Labute approximate surface area is 141 Å². The maximum Gasteiger partial charge on any atom is 0.174 e. The summed E-state index contributed by atoms with van der Waals surface area (Å²) in [4.78, 5) is 0. The van der Waals surface area contributed by atoms with Crippen LogP contribution in [0.5, 0.6) is 0 Å². The maximum atomic E-state index is 6.26. The molecule has 0 unspecified atom stereocenters. The van der Waals surface area contributed by atoms with E-state index in [1.807, 2.05) is 0 Å². The Morgan fingerprint density at radius 1 is 0.739 bits per heavy atom. The molecule has 5 fully saturated rings. The van der Waals surface area contributed by atoms with Crippen molar-refractivity contribution in [1.29, 1.82) is 0 Å². The van der Waals surface area contributed by atoms with E-state index in [0.717, 1.165) is 43.3 Å². The fourth-order valence-electron chi connectivity index (χ4n) is 8.18. The third kappa shape index (κ3) is 1.83. The van der Waals surface area contributed by atoms with Crippen LogP contribution in [0, 0.1) is 34.5 Å². The van der Waals surface area contributed by atoms with Gasteiger partial charge >= 0.3 is 0 Å². The molecule has 2 nitrogen and oxygen atoms in total. The van der Waals surface area contributed by atoms with Crippen molar-refractivity contribution in [3.05, 3.63) is 0 Å². The second kappa shape index (κ2) is 4.97. The third-order valence-corrected chi connectivity index (χ3v) is 9.38. The summed E-state index contributed by atoms with van der Waals surface area (Å²) in [6.45, 7) is 6.82. The largest absolute Gasteiger partial charge is 0.347 e. The van der Waals surface area contributed by atoms with Crippen LogP contribution in [0.1, 0.15) is 78.1 Å². The van der Waals surface area contributed by atoms with Gasteiger partial charge in [0.05, 0.1) is 13.2 Å². The third-order valence-electron chi connectivity index (χ3n) is 9.38. The zero-order chi connectivity index (χ0) is 15.7. The zero-order valence-corrected chi connectivity index (χ0v) is 15.1. The van der Waals surface area contributed by atoms with Crippen molar-refractivity contribution >= 4 is 0 Å². The minimum Gasteiger partial charge on any atom is -0.347 e. The van der Waals surface area contributed by atoms with Gasteiger partial charge in [0.2, 0.25) is 0 Å². The molecular weight excluding hydrogens is 284 g/mol. The summed E-state index contributed by atoms with van der Waals surface area (Å²) < 4.78 is 12.5. The fraction of sp³-hybridized carbons (Fsp3) is 1.00. The Bertz CT molecular complexity index is 482. The standard InChI is InChI=1S/C21H34O2/c1-19-10-4-3-5-15(19)6-7-16-17(19)8-11-20(2)18(16)9-12-21(20)22-13-14-23-21/h15-18H,3-14H2,1-2H3/t15-,16-,17+,18+,19-,20-/m0/s1. The molecule has 0 bridgehead atoms. The first-order valence-electron chi connectivity index (χ1n) is 10.4. The minimum atomic E-state index is -0.215. The summed E-state index contributed by atoms with van der Waals surface area (Å²) in [6.07, 6.45) is 14.2. The second-order valence-electron chi connectivity index (χ2n) is 9.85. The van der Waals surface area contributed by atoms with Gasteiger partial charge in [-0.3, -0.25) is 0 Å². The Balaban J connectivity index is 1.47. The van der Waals surface area contributed by atoms with Crippen molar-refractivity contribution in [1.82, 2.24) is 0 Å². The molecule has 0 radical (unpaired) electrons. The van der Waals surface area contributed by atoms with E-state index in [1.54, 1.807) is 0 Å². The molecule has 1 heterocycles. The lowest BCUT2D eigenvalue weighted by atomic mass is 9.45. The molecule has 5 aliphatic rings. The van der Waals surface area contributed by atoms with E-state index in [4.69, 9.17) is 9.47 Å². The average Bonchev–Trinajstić information content (AvgIpc) is 3.14. The lowest BCUT2D eigenvalue weighted by Crippen LogP contribution is -2.56. The molecule has 4 aliphatic carbocycles. The number of fused-ring (bicyclic) bond motifs is 6. The van der Waals surface area contributed by atoms with Crippen molar-refractivity contribution in [2.24, 2.45) is 34.5 Å². The number of hydrogen-bond acceptors (Lipinski definition) is 2. The molecule has 4 saturated carbocycles. The van der Waals surface area contributed by atoms with E-state index in [-0.39, 0.29) is 11.2 Å². The van der Waals surface area contributed by atoms with Gasteiger partial charge in [0.25, 0.3) is 0 Å². The Kier molecular flexibility index (Phi) is 3.29. The van der Waals surface area contributed by atoms with Crippen LogP contribution in [-0.4, -0.2) is 19.0 Å². The van der Waals surface area contributed by atoms with Gasteiger partial charge in [-0.2, -0.15) is 0 Å². The lowest BCUT2D eigenvalue weighted by molar-refractivity contribution is -0.247. The van der Waals surface area contributed by atoms with Crippen LogP contribution in [0.4, 0.5) is 0 Å². The van der Waals surface area contributed by atoms with Gasteiger partial charge in [-0.1, -0.05) is 26.7 Å². The van der Waals surface area contributed by atoms with Crippen molar-refractivity contribution in [2.75, 3.05) is 13.2 Å². The van der Waals surface area contributed by atoms with Crippen molar-refractivity contribution in [2.45, 2.75) is 83.8 Å². The molecule has 5 rings (SSSR count). The first kappa shape index (κ1) is 15.2. The second-order valence-corrected chi connectivity index (χ2v) is 9.85. The molecule has 23 heavy (non-hydrogen) atoms. The SMILES string of the molecule is C[C@]12CCCC[C@H]1CC[C@H]1[C@H]2CC[C@@]2(C)[C@@H]1CCC21OCCO1. The van der Waals surface area contributed by atoms with Crippen molar-refractivity contribution in [3.63, 3.8) is 0 Å². The molecule has 0 aromatic heterocycles. The van der Waals surface area contributed by atoms with Gasteiger partial charge in [-0.25, -0.2) is 0 Å². The quantitative estimate of drug-likeness (QED) is 0.614. The lowest BCUT2D eigenvalue weighted by Gasteiger charge is -2.61. The molecule has 0 aromatic rings. The van der Waals surface area contributed by atoms with E-state index >= 15 is 0 Å². The predicted molar refractivity (Wildman–Crippen MR) is 91.0 cm³/mol.